The van der Waals surface area contributed by atoms with Gasteiger partial charge in [0.05, 0.1) is 36.9 Å². The number of nitrogens with one attached hydrogen (secondary N) is 1. The first-order chi connectivity index (χ1) is 13.2. The average molecular weight is 362 g/mol. The van der Waals surface area contributed by atoms with Crippen LogP contribution >= 0.6 is 0 Å². The van der Waals surface area contributed by atoms with Crippen LogP contribution in [0.1, 0.15) is 29.8 Å². The molecule has 138 valence electrons. The van der Waals surface area contributed by atoms with Gasteiger partial charge in [-0.25, -0.2) is 9.97 Å². The van der Waals surface area contributed by atoms with Crippen LogP contribution in [-0.4, -0.2) is 37.1 Å². The lowest BCUT2D eigenvalue weighted by molar-refractivity contribution is -0.134. The van der Waals surface area contributed by atoms with E-state index >= 15 is 0 Å². The standard InChI is InChI=1S/C20H22N6O/c1-15(16-6-3-2-4-7-16)19(27)25-10-11-26-18(14-25)12-17(24-26)13-23-20-21-8-5-9-22-20/h2-9,12,15H,10-11,13-14H2,1H3,(H,21,22,23)/t15-/m0/s1. The first kappa shape index (κ1) is 17.2. The highest BCUT2D eigenvalue weighted by Gasteiger charge is 2.26. The van der Waals surface area contributed by atoms with Gasteiger partial charge in [-0.15, -0.1) is 0 Å². The largest absolute Gasteiger partial charge is 0.348 e. The van der Waals surface area contributed by atoms with Crippen molar-refractivity contribution in [1.82, 2.24) is 24.6 Å². The SMILES string of the molecule is C[C@H](C(=O)N1CCn2nc(CNc3ncccn3)cc2C1)c1ccccc1. The molecule has 0 saturated heterocycles. The Morgan fingerprint density at radius 1 is 1.15 bits per heavy atom. The molecule has 4 rings (SSSR count). The lowest BCUT2D eigenvalue weighted by atomic mass is 9.99. The van der Waals surface area contributed by atoms with Gasteiger partial charge in [-0.3, -0.25) is 9.48 Å². The molecular formula is C20H22N6O. The molecule has 1 atom stereocenters. The molecule has 0 aliphatic carbocycles. The van der Waals surface area contributed by atoms with Gasteiger partial charge in [-0.2, -0.15) is 5.10 Å². The number of hydrogen-bond acceptors (Lipinski definition) is 5. The predicted molar refractivity (Wildman–Crippen MR) is 102 cm³/mol. The molecule has 0 radical (unpaired) electrons. The van der Waals surface area contributed by atoms with Crippen molar-refractivity contribution in [1.29, 1.82) is 0 Å². The van der Waals surface area contributed by atoms with E-state index in [2.05, 4.69) is 20.4 Å². The molecule has 1 amide bonds. The third-order valence-corrected chi connectivity index (χ3v) is 4.82. The van der Waals surface area contributed by atoms with Gasteiger partial charge in [0, 0.05) is 18.9 Å². The van der Waals surface area contributed by atoms with Crippen LogP contribution < -0.4 is 5.32 Å². The molecule has 7 nitrogen and oxygen atoms in total. The van der Waals surface area contributed by atoms with Crippen molar-refractivity contribution in [2.45, 2.75) is 32.5 Å². The highest BCUT2D eigenvalue weighted by molar-refractivity contribution is 5.83. The van der Waals surface area contributed by atoms with E-state index in [4.69, 9.17) is 0 Å². The summed E-state index contributed by atoms with van der Waals surface area (Å²) in [7, 11) is 0. The van der Waals surface area contributed by atoms with Gasteiger partial charge < -0.3 is 10.2 Å². The van der Waals surface area contributed by atoms with Crippen LogP contribution in [0.5, 0.6) is 0 Å². The summed E-state index contributed by atoms with van der Waals surface area (Å²) < 4.78 is 1.99. The van der Waals surface area contributed by atoms with Gasteiger partial charge >= 0.3 is 0 Å². The van der Waals surface area contributed by atoms with Gasteiger partial charge in [-0.05, 0) is 24.6 Å². The zero-order chi connectivity index (χ0) is 18.6. The van der Waals surface area contributed by atoms with Crippen LogP contribution in [0.25, 0.3) is 0 Å². The molecule has 0 fully saturated rings. The van der Waals surface area contributed by atoms with Crippen LogP contribution in [0.3, 0.4) is 0 Å². The van der Waals surface area contributed by atoms with E-state index in [1.54, 1.807) is 18.5 Å². The smallest absolute Gasteiger partial charge is 0.230 e. The van der Waals surface area contributed by atoms with E-state index in [-0.39, 0.29) is 11.8 Å². The van der Waals surface area contributed by atoms with Gasteiger partial charge in [0.2, 0.25) is 11.9 Å². The summed E-state index contributed by atoms with van der Waals surface area (Å²) >= 11 is 0. The number of carbonyl (C=O) groups excluding carboxylic acids is 1. The summed E-state index contributed by atoms with van der Waals surface area (Å²) in [5.74, 6) is 0.597. The molecule has 0 saturated carbocycles. The molecule has 0 unspecified atom stereocenters. The van der Waals surface area contributed by atoms with E-state index < -0.39 is 0 Å². The van der Waals surface area contributed by atoms with Crippen molar-refractivity contribution in [2.24, 2.45) is 0 Å². The minimum absolute atomic E-state index is 0.142. The maximum absolute atomic E-state index is 12.9. The van der Waals surface area contributed by atoms with Crippen molar-refractivity contribution in [3.8, 4) is 0 Å². The number of anilines is 1. The number of carbonyl (C=O) groups is 1. The predicted octanol–water partition coefficient (Wildman–Crippen LogP) is 2.43. The van der Waals surface area contributed by atoms with Crippen LogP contribution in [-0.2, 0) is 24.4 Å². The molecule has 27 heavy (non-hydrogen) atoms. The van der Waals surface area contributed by atoms with Gasteiger partial charge in [0.15, 0.2) is 0 Å². The summed E-state index contributed by atoms with van der Waals surface area (Å²) in [6, 6.07) is 13.7. The Labute approximate surface area is 158 Å². The third kappa shape index (κ3) is 3.81. The number of aromatic nitrogens is 4. The summed E-state index contributed by atoms with van der Waals surface area (Å²) in [6.45, 7) is 4.51. The summed E-state index contributed by atoms with van der Waals surface area (Å²) in [4.78, 5) is 23.1. The minimum atomic E-state index is -0.142. The second kappa shape index (κ2) is 7.57. The van der Waals surface area contributed by atoms with Crippen LogP contribution in [0.4, 0.5) is 5.95 Å². The van der Waals surface area contributed by atoms with E-state index in [9.17, 15) is 4.79 Å². The third-order valence-electron chi connectivity index (χ3n) is 4.82. The van der Waals surface area contributed by atoms with Crippen molar-refractivity contribution in [3.05, 3.63) is 71.8 Å². The molecule has 2 aromatic heterocycles. The zero-order valence-electron chi connectivity index (χ0n) is 15.2. The number of hydrogen-bond donors (Lipinski definition) is 1. The number of rotatable bonds is 5. The van der Waals surface area contributed by atoms with Crippen molar-refractivity contribution in [3.63, 3.8) is 0 Å². The maximum atomic E-state index is 12.9. The normalized spacial score (nSPS) is 14.5. The summed E-state index contributed by atoms with van der Waals surface area (Å²) in [5, 5.41) is 7.79. The second-order valence-corrected chi connectivity index (χ2v) is 6.67. The fourth-order valence-electron chi connectivity index (χ4n) is 3.32. The monoisotopic (exact) mass is 362 g/mol. The molecule has 1 aromatic carbocycles. The Morgan fingerprint density at radius 2 is 1.93 bits per heavy atom. The second-order valence-electron chi connectivity index (χ2n) is 6.67. The van der Waals surface area contributed by atoms with Crippen LogP contribution in [0.15, 0.2) is 54.9 Å². The Morgan fingerprint density at radius 3 is 2.70 bits per heavy atom. The van der Waals surface area contributed by atoms with Gasteiger partial charge in [0.1, 0.15) is 0 Å². The van der Waals surface area contributed by atoms with Crippen molar-refractivity contribution < 1.29 is 4.79 Å². The zero-order valence-corrected chi connectivity index (χ0v) is 15.2. The number of nitrogens with zero attached hydrogens (tertiary/aromatic N) is 5. The first-order valence-electron chi connectivity index (χ1n) is 9.11. The van der Waals surface area contributed by atoms with Gasteiger partial charge in [-0.1, -0.05) is 30.3 Å². The topological polar surface area (TPSA) is 75.9 Å². The summed E-state index contributed by atoms with van der Waals surface area (Å²) in [6.07, 6.45) is 3.40. The molecular weight excluding hydrogens is 340 g/mol. The molecule has 0 spiro atoms. The lowest BCUT2D eigenvalue weighted by Gasteiger charge is -2.30. The lowest BCUT2D eigenvalue weighted by Crippen LogP contribution is -2.40. The quantitative estimate of drug-likeness (QED) is 0.754. The number of benzene rings is 1. The molecule has 1 N–H and O–H groups in total. The van der Waals surface area contributed by atoms with Crippen molar-refractivity contribution >= 4 is 11.9 Å². The van der Waals surface area contributed by atoms with Crippen LogP contribution in [0, 0.1) is 0 Å². The fourth-order valence-corrected chi connectivity index (χ4v) is 3.32. The molecule has 0 bridgehead atoms. The Balaban J connectivity index is 1.41. The number of fused-ring (bicyclic) bond motifs is 1. The van der Waals surface area contributed by atoms with E-state index in [0.717, 1.165) is 17.0 Å². The highest BCUT2D eigenvalue weighted by atomic mass is 16.2. The Hall–Kier alpha value is -3.22. The van der Waals surface area contributed by atoms with E-state index in [1.807, 2.05) is 52.9 Å². The first-order valence-corrected chi connectivity index (χ1v) is 9.11. The maximum Gasteiger partial charge on any atom is 0.230 e. The molecule has 1 aliphatic rings. The molecule has 1 aliphatic heterocycles. The molecule has 3 heterocycles. The fraction of sp³-hybridized carbons (Fsp3) is 0.300. The summed E-state index contributed by atoms with van der Waals surface area (Å²) in [5.41, 5.74) is 3.03. The number of amides is 1. The molecule has 3 aromatic rings. The average Bonchev–Trinajstić information content (AvgIpc) is 3.14. The van der Waals surface area contributed by atoms with E-state index in [1.165, 1.54) is 0 Å². The van der Waals surface area contributed by atoms with Crippen molar-refractivity contribution in [2.75, 3.05) is 11.9 Å². The molecule has 7 heteroatoms. The highest BCUT2D eigenvalue weighted by Crippen LogP contribution is 2.21. The van der Waals surface area contributed by atoms with Crippen LogP contribution in [0.2, 0.25) is 0 Å². The minimum Gasteiger partial charge on any atom is -0.348 e. The van der Waals surface area contributed by atoms with Gasteiger partial charge in [0.25, 0.3) is 0 Å². The Bertz CT molecular complexity index is 909. The van der Waals surface area contributed by atoms with E-state index in [0.29, 0.717) is 32.1 Å². The Kier molecular flexibility index (Phi) is 4.82.